The summed E-state index contributed by atoms with van der Waals surface area (Å²) < 4.78 is 12.1. The number of methoxy groups -OCH3 is 1. The van der Waals surface area contributed by atoms with Crippen LogP contribution in [0.4, 0.5) is 5.13 Å². The number of hydrogen-bond acceptors (Lipinski definition) is 7. The number of nitrogens with zero attached hydrogens (tertiary/aromatic N) is 2. The van der Waals surface area contributed by atoms with Crippen LogP contribution in [0.3, 0.4) is 0 Å². The average Bonchev–Trinajstić information content (AvgIpc) is 3.46. The van der Waals surface area contributed by atoms with Crippen LogP contribution in [0.1, 0.15) is 36.6 Å². The highest BCUT2D eigenvalue weighted by Crippen LogP contribution is 2.46. The summed E-state index contributed by atoms with van der Waals surface area (Å²) in [5.74, 6) is -0.898. The standard InChI is InChI=1S/C29H25ClN2O5S/c1-4-16-6-12-20-23(14-16)38-29(31-20)32-25(18-9-13-21(37-5-2)22(15-18)36-3)24(27(34)28(32)35)26(33)17-7-10-19(30)11-8-17/h6-15,25,33H,4-5H2,1-3H3/b26-24+. The number of thiazole rings is 1. The Morgan fingerprint density at radius 3 is 2.50 bits per heavy atom. The van der Waals surface area contributed by atoms with Gasteiger partial charge in [0, 0.05) is 10.6 Å². The number of aromatic nitrogens is 1. The number of carbonyl (C=O) groups excluding carboxylic acids is 2. The summed E-state index contributed by atoms with van der Waals surface area (Å²) in [7, 11) is 1.52. The molecule has 0 spiro atoms. The lowest BCUT2D eigenvalue weighted by molar-refractivity contribution is -0.132. The molecule has 1 atom stereocenters. The molecule has 9 heteroatoms. The van der Waals surface area contributed by atoms with Crippen LogP contribution < -0.4 is 14.4 Å². The Morgan fingerprint density at radius 2 is 1.82 bits per heavy atom. The van der Waals surface area contributed by atoms with E-state index in [0.717, 1.165) is 22.2 Å². The van der Waals surface area contributed by atoms with Gasteiger partial charge in [-0.2, -0.15) is 0 Å². The minimum absolute atomic E-state index is 0.0444. The van der Waals surface area contributed by atoms with Gasteiger partial charge in [-0.1, -0.05) is 42.0 Å². The van der Waals surface area contributed by atoms with Gasteiger partial charge in [-0.25, -0.2) is 4.98 Å². The van der Waals surface area contributed by atoms with Gasteiger partial charge in [0.2, 0.25) is 0 Å². The zero-order valence-corrected chi connectivity index (χ0v) is 22.6. The molecule has 2 heterocycles. The summed E-state index contributed by atoms with van der Waals surface area (Å²) in [6.45, 7) is 4.37. The van der Waals surface area contributed by atoms with Gasteiger partial charge < -0.3 is 14.6 Å². The van der Waals surface area contributed by atoms with Crippen molar-refractivity contribution in [2.75, 3.05) is 18.6 Å². The van der Waals surface area contributed by atoms with E-state index < -0.39 is 17.7 Å². The van der Waals surface area contributed by atoms with Crippen LogP contribution in [0.5, 0.6) is 11.5 Å². The van der Waals surface area contributed by atoms with E-state index in [-0.39, 0.29) is 11.3 Å². The molecule has 1 saturated heterocycles. The number of fused-ring (bicyclic) bond motifs is 1. The number of Topliss-reactive ketones (excluding diaryl/α,β-unsaturated/α-hetero) is 1. The summed E-state index contributed by atoms with van der Waals surface area (Å²) in [5, 5.41) is 12.2. The fourth-order valence-electron chi connectivity index (χ4n) is 4.52. The van der Waals surface area contributed by atoms with Crippen LogP contribution in [0, 0.1) is 0 Å². The second kappa shape index (κ2) is 10.5. The Kier molecular flexibility index (Phi) is 7.10. The monoisotopic (exact) mass is 548 g/mol. The molecule has 38 heavy (non-hydrogen) atoms. The second-order valence-electron chi connectivity index (χ2n) is 8.67. The highest BCUT2D eigenvalue weighted by molar-refractivity contribution is 7.22. The maximum atomic E-state index is 13.5. The third kappa shape index (κ3) is 4.50. The van der Waals surface area contributed by atoms with Crippen LogP contribution >= 0.6 is 22.9 Å². The number of ketones is 1. The Labute approximate surface area is 228 Å². The lowest BCUT2D eigenvalue weighted by Crippen LogP contribution is -2.29. The summed E-state index contributed by atoms with van der Waals surface area (Å²) in [5.41, 5.74) is 2.76. The molecule has 194 valence electrons. The number of anilines is 1. The SMILES string of the molecule is CCOc1ccc(C2/C(=C(\O)c3ccc(Cl)cc3)C(=O)C(=O)N2c2nc3ccc(CC)cc3s2)cc1OC. The van der Waals surface area contributed by atoms with Crippen molar-refractivity contribution in [3.63, 3.8) is 0 Å². The minimum atomic E-state index is -0.943. The number of aliphatic hydroxyl groups excluding tert-OH is 1. The Hall–Kier alpha value is -3.88. The van der Waals surface area contributed by atoms with Crippen LogP contribution in [0.25, 0.3) is 16.0 Å². The highest BCUT2D eigenvalue weighted by atomic mass is 35.5. The van der Waals surface area contributed by atoms with Crippen molar-refractivity contribution in [1.82, 2.24) is 4.98 Å². The maximum absolute atomic E-state index is 13.5. The molecule has 0 bridgehead atoms. The number of aryl methyl sites for hydroxylation is 1. The number of aliphatic hydroxyl groups is 1. The van der Waals surface area contributed by atoms with Gasteiger partial charge in [0.15, 0.2) is 16.6 Å². The van der Waals surface area contributed by atoms with Gasteiger partial charge >= 0.3 is 5.91 Å². The third-order valence-corrected chi connectivity index (χ3v) is 7.69. The zero-order valence-electron chi connectivity index (χ0n) is 21.0. The fraction of sp³-hybridized carbons (Fsp3) is 0.207. The van der Waals surface area contributed by atoms with Gasteiger partial charge in [0.25, 0.3) is 5.78 Å². The predicted octanol–water partition coefficient (Wildman–Crippen LogP) is 6.55. The number of ether oxygens (including phenoxy) is 2. The summed E-state index contributed by atoms with van der Waals surface area (Å²) in [6.07, 6.45) is 0.862. The first-order chi connectivity index (χ1) is 18.4. The van der Waals surface area contributed by atoms with Crippen molar-refractivity contribution in [3.8, 4) is 11.5 Å². The maximum Gasteiger partial charge on any atom is 0.301 e. The van der Waals surface area contributed by atoms with E-state index >= 15 is 0 Å². The van der Waals surface area contributed by atoms with E-state index in [1.807, 2.05) is 25.1 Å². The molecule has 1 fully saturated rings. The topological polar surface area (TPSA) is 89.0 Å². The number of benzene rings is 3. The van der Waals surface area contributed by atoms with E-state index in [1.165, 1.54) is 23.3 Å². The number of halogens is 1. The van der Waals surface area contributed by atoms with Crippen molar-refractivity contribution >= 4 is 55.7 Å². The van der Waals surface area contributed by atoms with Crippen molar-refractivity contribution < 1.29 is 24.2 Å². The van der Waals surface area contributed by atoms with Crippen molar-refractivity contribution in [2.24, 2.45) is 0 Å². The summed E-state index contributed by atoms with van der Waals surface area (Å²) in [6, 6.07) is 16.6. The molecule has 3 aromatic carbocycles. The van der Waals surface area contributed by atoms with Gasteiger partial charge in [-0.05, 0) is 73.0 Å². The quantitative estimate of drug-likeness (QED) is 0.160. The summed E-state index contributed by atoms with van der Waals surface area (Å²) >= 11 is 7.36. The Balaban J connectivity index is 1.72. The molecule has 1 aliphatic heterocycles. The highest BCUT2D eigenvalue weighted by Gasteiger charge is 2.48. The predicted molar refractivity (Wildman–Crippen MR) is 149 cm³/mol. The molecule has 1 aliphatic rings. The molecule has 1 amide bonds. The lowest BCUT2D eigenvalue weighted by Gasteiger charge is -2.24. The molecule has 0 saturated carbocycles. The zero-order chi connectivity index (χ0) is 27.0. The smallest absolute Gasteiger partial charge is 0.301 e. The lowest BCUT2D eigenvalue weighted by atomic mass is 9.95. The third-order valence-electron chi connectivity index (χ3n) is 6.42. The van der Waals surface area contributed by atoms with E-state index in [2.05, 4.69) is 6.92 Å². The minimum Gasteiger partial charge on any atom is -0.507 e. The molecule has 1 N–H and O–H groups in total. The number of carbonyl (C=O) groups is 2. The molecule has 7 nitrogen and oxygen atoms in total. The molecular formula is C29H25ClN2O5S. The van der Waals surface area contributed by atoms with Crippen molar-refractivity contribution in [1.29, 1.82) is 0 Å². The van der Waals surface area contributed by atoms with E-state index in [0.29, 0.717) is 39.4 Å². The van der Waals surface area contributed by atoms with Gasteiger partial charge in [0.1, 0.15) is 5.76 Å². The van der Waals surface area contributed by atoms with E-state index in [1.54, 1.807) is 42.5 Å². The second-order valence-corrected chi connectivity index (χ2v) is 10.1. The Morgan fingerprint density at radius 1 is 1.05 bits per heavy atom. The first-order valence-electron chi connectivity index (χ1n) is 12.1. The average molecular weight is 549 g/mol. The number of rotatable bonds is 7. The molecule has 0 aliphatic carbocycles. The first-order valence-corrected chi connectivity index (χ1v) is 13.3. The molecule has 5 rings (SSSR count). The number of hydrogen-bond donors (Lipinski definition) is 1. The largest absolute Gasteiger partial charge is 0.507 e. The van der Waals surface area contributed by atoms with Crippen molar-refractivity contribution in [3.05, 3.63) is 87.9 Å². The van der Waals surface area contributed by atoms with Crippen LogP contribution in [-0.2, 0) is 16.0 Å². The van der Waals surface area contributed by atoms with Gasteiger partial charge in [-0.3, -0.25) is 14.5 Å². The fourth-order valence-corrected chi connectivity index (χ4v) is 5.70. The van der Waals surface area contributed by atoms with Crippen molar-refractivity contribution in [2.45, 2.75) is 26.3 Å². The van der Waals surface area contributed by atoms with Crippen LogP contribution in [0.2, 0.25) is 5.02 Å². The van der Waals surface area contributed by atoms with Gasteiger partial charge in [0.05, 0.1) is 35.5 Å². The van der Waals surface area contributed by atoms with Crippen LogP contribution in [-0.4, -0.2) is 35.5 Å². The normalized spacial score (nSPS) is 16.8. The van der Waals surface area contributed by atoms with Crippen LogP contribution in [0.15, 0.2) is 66.2 Å². The molecular weight excluding hydrogens is 524 g/mol. The Bertz CT molecular complexity index is 1580. The van der Waals surface area contributed by atoms with Gasteiger partial charge in [-0.15, -0.1) is 0 Å². The van der Waals surface area contributed by atoms with E-state index in [4.69, 9.17) is 26.1 Å². The molecule has 0 radical (unpaired) electrons. The van der Waals surface area contributed by atoms with E-state index in [9.17, 15) is 14.7 Å². The number of amides is 1. The molecule has 4 aromatic rings. The molecule has 1 unspecified atom stereocenters. The summed E-state index contributed by atoms with van der Waals surface area (Å²) in [4.78, 5) is 33.1. The molecule has 1 aromatic heterocycles. The first kappa shape index (κ1) is 25.8.